The van der Waals surface area contributed by atoms with Gasteiger partial charge in [0.15, 0.2) is 5.96 Å². The largest absolute Gasteiger partial charge is 0.489 e. The number of nitrogens with zero attached hydrogens (tertiary/aromatic N) is 2. The first-order chi connectivity index (χ1) is 14.8. The van der Waals surface area contributed by atoms with Gasteiger partial charge < -0.3 is 20.3 Å². The van der Waals surface area contributed by atoms with E-state index in [9.17, 15) is 0 Å². The van der Waals surface area contributed by atoms with Crippen molar-refractivity contribution in [3.63, 3.8) is 0 Å². The minimum Gasteiger partial charge on any atom is -0.489 e. The fourth-order valence-corrected chi connectivity index (χ4v) is 3.79. The van der Waals surface area contributed by atoms with E-state index in [-0.39, 0.29) is 0 Å². The van der Waals surface area contributed by atoms with Crippen LogP contribution in [-0.4, -0.2) is 50.7 Å². The van der Waals surface area contributed by atoms with Gasteiger partial charge in [0.05, 0.1) is 0 Å². The zero-order chi connectivity index (χ0) is 21.0. The lowest BCUT2D eigenvalue weighted by atomic mass is 10.1. The molecule has 1 fully saturated rings. The van der Waals surface area contributed by atoms with E-state index in [1.807, 2.05) is 25.2 Å². The molecule has 0 amide bonds. The Hall–Kier alpha value is -2.79. The number of guanidine groups is 1. The SMILES string of the molecule is C=CCOc1ccccc1CNC(=NC)NCC1CCN(CCc2ccccc2)C1. The first-order valence-electron chi connectivity index (χ1n) is 10.8. The summed E-state index contributed by atoms with van der Waals surface area (Å²) in [4.78, 5) is 6.95. The van der Waals surface area contributed by atoms with Gasteiger partial charge in [-0.3, -0.25) is 4.99 Å². The summed E-state index contributed by atoms with van der Waals surface area (Å²) in [5, 5.41) is 6.90. The van der Waals surface area contributed by atoms with Crippen molar-refractivity contribution >= 4 is 5.96 Å². The highest BCUT2D eigenvalue weighted by molar-refractivity contribution is 5.79. The van der Waals surface area contributed by atoms with Gasteiger partial charge in [-0.25, -0.2) is 0 Å². The van der Waals surface area contributed by atoms with Crippen molar-refractivity contribution < 1.29 is 4.74 Å². The van der Waals surface area contributed by atoms with E-state index in [2.05, 4.69) is 63.5 Å². The summed E-state index contributed by atoms with van der Waals surface area (Å²) in [6.45, 7) is 9.29. The molecule has 2 aromatic rings. The van der Waals surface area contributed by atoms with Crippen LogP contribution in [0.2, 0.25) is 0 Å². The van der Waals surface area contributed by atoms with Gasteiger partial charge in [-0.2, -0.15) is 0 Å². The van der Waals surface area contributed by atoms with Crippen LogP contribution in [0.5, 0.6) is 5.75 Å². The average molecular weight is 407 g/mol. The number of rotatable bonds is 10. The number of likely N-dealkylation sites (tertiary alicyclic amines) is 1. The molecule has 5 nitrogen and oxygen atoms in total. The van der Waals surface area contributed by atoms with E-state index in [1.165, 1.54) is 18.5 Å². The molecule has 1 unspecified atom stereocenters. The molecule has 2 N–H and O–H groups in total. The number of aliphatic imine (C=N–C) groups is 1. The first-order valence-corrected chi connectivity index (χ1v) is 10.8. The second-order valence-corrected chi connectivity index (χ2v) is 7.70. The summed E-state index contributed by atoms with van der Waals surface area (Å²) in [5.41, 5.74) is 2.52. The average Bonchev–Trinajstić information content (AvgIpc) is 3.25. The van der Waals surface area contributed by atoms with E-state index in [1.54, 1.807) is 6.08 Å². The molecule has 1 atom stereocenters. The lowest BCUT2D eigenvalue weighted by Gasteiger charge is -2.18. The van der Waals surface area contributed by atoms with Gasteiger partial charge in [0.2, 0.25) is 0 Å². The number of para-hydroxylation sites is 1. The van der Waals surface area contributed by atoms with Crippen LogP contribution in [0, 0.1) is 5.92 Å². The second-order valence-electron chi connectivity index (χ2n) is 7.70. The molecule has 0 spiro atoms. The van der Waals surface area contributed by atoms with Crippen molar-refractivity contribution in [2.45, 2.75) is 19.4 Å². The molecule has 5 heteroatoms. The van der Waals surface area contributed by atoms with Gasteiger partial charge in [0.1, 0.15) is 12.4 Å². The van der Waals surface area contributed by atoms with Gasteiger partial charge in [-0.1, -0.05) is 61.2 Å². The number of nitrogens with one attached hydrogen (secondary N) is 2. The minimum absolute atomic E-state index is 0.506. The Balaban J connectivity index is 1.39. The molecule has 30 heavy (non-hydrogen) atoms. The molecule has 0 aromatic heterocycles. The van der Waals surface area contributed by atoms with E-state index < -0.39 is 0 Å². The maximum Gasteiger partial charge on any atom is 0.191 e. The fourth-order valence-electron chi connectivity index (χ4n) is 3.79. The Morgan fingerprint density at radius 2 is 1.97 bits per heavy atom. The lowest BCUT2D eigenvalue weighted by Crippen LogP contribution is -2.40. The molecule has 160 valence electrons. The number of ether oxygens (including phenoxy) is 1. The number of hydrogen-bond donors (Lipinski definition) is 2. The third-order valence-corrected chi connectivity index (χ3v) is 5.49. The van der Waals surface area contributed by atoms with E-state index in [0.29, 0.717) is 19.1 Å². The monoisotopic (exact) mass is 406 g/mol. The topological polar surface area (TPSA) is 48.9 Å². The molecule has 3 rings (SSSR count). The van der Waals surface area contributed by atoms with Gasteiger partial charge in [-0.15, -0.1) is 0 Å². The quantitative estimate of drug-likeness (QED) is 0.360. The molecule has 0 radical (unpaired) electrons. The zero-order valence-corrected chi connectivity index (χ0v) is 18.0. The molecular formula is C25H34N4O. The van der Waals surface area contributed by atoms with Gasteiger partial charge in [0.25, 0.3) is 0 Å². The third kappa shape index (κ3) is 6.92. The Morgan fingerprint density at radius 3 is 2.77 bits per heavy atom. The molecular weight excluding hydrogens is 372 g/mol. The predicted octanol–water partition coefficient (Wildman–Crippen LogP) is 3.48. The Bertz CT molecular complexity index is 806. The van der Waals surface area contributed by atoms with Crippen LogP contribution in [0.4, 0.5) is 0 Å². The molecule has 0 saturated carbocycles. The molecule has 1 aliphatic heterocycles. The third-order valence-electron chi connectivity index (χ3n) is 5.49. The van der Waals surface area contributed by atoms with E-state index in [0.717, 1.165) is 43.3 Å². The Morgan fingerprint density at radius 1 is 1.17 bits per heavy atom. The van der Waals surface area contributed by atoms with Crippen LogP contribution >= 0.6 is 0 Å². The summed E-state index contributed by atoms with van der Waals surface area (Å²) in [6, 6.07) is 18.8. The van der Waals surface area contributed by atoms with Crippen LogP contribution in [0.3, 0.4) is 0 Å². The maximum absolute atomic E-state index is 5.74. The van der Waals surface area contributed by atoms with Crippen molar-refractivity contribution in [1.82, 2.24) is 15.5 Å². The van der Waals surface area contributed by atoms with Crippen molar-refractivity contribution in [2.75, 3.05) is 39.8 Å². The summed E-state index contributed by atoms with van der Waals surface area (Å²) in [5.74, 6) is 2.36. The molecule has 1 saturated heterocycles. The van der Waals surface area contributed by atoms with Crippen molar-refractivity contribution in [3.8, 4) is 5.75 Å². The number of benzene rings is 2. The highest BCUT2D eigenvalue weighted by Gasteiger charge is 2.22. The van der Waals surface area contributed by atoms with Crippen LogP contribution in [0.15, 0.2) is 72.2 Å². The highest BCUT2D eigenvalue weighted by atomic mass is 16.5. The Labute approximate surface area is 180 Å². The normalized spacial score (nSPS) is 17.0. The zero-order valence-electron chi connectivity index (χ0n) is 18.0. The smallest absolute Gasteiger partial charge is 0.191 e. The van der Waals surface area contributed by atoms with E-state index >= 15 is 0 Å². The van der Waals surface area contributed by atoms with Crippen molar-refractivity contribution in [3.05, 3.63) is 78.4 Å². The van der Waals surface area contributed by atoms with Crippen LogP contribution in [-0.2, 0) is 13.0 Å². The maximum atomic E-state index is 5.74. The standard InChI is InChI=1S/C25H34N4O/c1-3-17-30-24-12-8-7-11-23(24)19-28-25(26-2)27-18-22-14-16-29(20-22)15-13-21-9-5-4-6-10-21/h3-12,22H,1,13-20H2,2H3,(H2,26,27,28). The highest BCUT2D eigenvalue weighted by Crippen LogP contribution is 2.18. The number of hydrogen-bond acceptors (Lipinski definition) is 3. The van der Waals surface area contributed by atoms with Crippen molar-refractivity contribution in [2.24, 2.45) is 10.9 Å². The van der Waals surface area contributed by atoms with Gasteiger partial charge in [-0.05, 0) is 36.9 Å². The van der Waals surface area contributed by atoms with Gasteiger partial charge in [0, 0.05) is 38.8 Å². The van der Waals surface area contributed by atoms with Crippen molar-refractivity contribution in [1.29, 1.82) is 0 Å². The Kier molecular flexibility index (Phi) is 8.79. The van der Waals surface area contributed by atoms with Crippen LogP contribution in [0.1, 0.15) is 17.5 Å². The van der Waals surface area contributed by atoms with Gasteiger partial charge >= 0.3 is 0 Å². The molecule has 1 heterocycles. The molecule has 2 aromatic carbocycles. The van der Waals surface area contributed by atoms with Crippen LogP contribution in [0.25, 0.3) is 0 Å². The van der Waals surface area contributed by atoms with E-state index in [4.69, 9.17) is 4.74 Å². The summed E-state index contributed by atoms with van der Waals surface area (Å²) < 4.78 is 5.74. The predicted molar refractivity (Wildman–Crippen MR) is 125 cm³/mol. The minimum atomic E-state index is 0.506. The fraction of sp³-hybridized carbons (Fsp3) is 0.400. The molecule has 0 bridgehead atoms. The molecule has 1 aliphatic rings. The molecule has 0 aliphatic carbocycles. The summed E-state index contributed by atoms with van der Waals surface area (Å²) >= 11 is 0. The van der Waals surface area contributed by atoms with Crippen LogP contribution < -0.4 is 15.4 Å². The summed E-state index contributed by atoms with van der Waals surface area (Å²) in [6.07, 6.45) is 4.12. The summed E-state index contributed by atoms with van der Waals surface area (Å²) in [7, 11) is 1.82. The second kappa shape index (κ2) is 12.0. The first kappa shape index (κ1) is 21.9. The lowest BCUT2D eigenvalue weighted by molar-refractivity contribution is 0.328.